The summed E-state index contributed by atoms with van der Waals surface area (Å²) in [6.45, 7) is -0.107. The number of rotatable bonds is 2. The number of carbonyl (C=O) groups is 1. The molecule has 0 aromatic rings. The minimum Gasteiger partial charge on any atom is -0.390 e. The van der Waals surface area contributed by atoms with Gasteiger partial charge in [0.05, 0.1) is 0 Å². The van der Waals surface area contributed by atoms with Crippen LogP contribution in [0.4, 0.5) is 4.39 Å². The molecule has 1 aliphatic heterocycles. The van der Waals surface area contributed by atoms with Crippen molar-refractivity contribution < 1.29 is 34.3 Å². The summed E-state index contributed by atoms with van der Waals surface area (Å²) in [5, 5.41) is 38.9. The Morgan fingerprint density at radius 1 is 1.50 bits per heavy atom. The van der Waals surface area contributed by atoms with Crippen molar-refractivity contribution in [1.29, 1.82) is 0 Å². The van der Waals surface area contributed by atoms with Gasteiger partial charge in [-0.2, -0.15) is 0 Å². The highest BCUT2D eigenvalue weighted by atomic mass is 19.2. The number of carbonyl (C=O) groups excluding carboxylic acids is 1. The third-order valence-corrected chi connectivity index (χ3v) is 2.34. The van der Waals surface area contributed by atoms with Crippen LogP contribution in [-0.4, -0.2) is 63.3 Å². The molecule has 1 fully saturated rings. The SMILES string of the molecule is CC(=O)N[C@@H]1[C@@H](O)[C@H](O)[C@@](F)(CO)O[C@@H]1O. The van der Waals surface area contributed by atoms with Gasteiger partial charge in [-0.25, -0.2) is 4.39 Å². The maximum atomic E-state index is 13.6. The Morgan fingerprint density at radius 3 is 2.50 bits per heavy atom. The minimum absolute atomic E-state index is 0.589. The van der Waals surface area contributed by atoms with Crippen LogP contribution in [0.25, 0.3) is 0 Å². The molecule has 0 spiro atoms. The van der Waals surface area contributed by atoms with Gasteiger partial charge in [-0.1, -0.05) is 0 Å². The van der Waals surface area contributed by atoms with E-state index in [9.17, 15) is 24.5 Å². The number of alkyl halides is 1. The lowest BCUT2D eigenvalue weighted by molar-refractivity contribution is -0.345. The van der Waals surface area contributed by atoms with Gasteiger partial charge in [0.2, 0.25) is 5.91 Å². The molecule has 1 rings (SSSR count). The lowest BCUT2D eigenvalue weighted by Crippen LogP contribution is -2.67. The molecule has 0 aromatic heterocycles. The van der Waals surface area contributed by atoms with Gasteiger partial charge < -0.3 is 30.5 Å². The molecule has 1 amide bonds. The topological polar surface area (TPSA) is 119 Å². The smallest absolute Gasteiger partial charge is 0.263 e. The first-order valence-electron chi connectivity index (χ1n) is 4.60. The van der Waals surface area contributed by atoms with Gasteiger partial charge in [0, 0.05) is 6.92 Å². The van der Waals surface area contributed by atoms with Crippen LogP contribution < -0.4 is 5.32 Å². The van der Waals surface area contributed by atoms with Gasteiger partial charge in [-0.15, -0.1) is 0 Å². The molecule has 16 heavy (non-hydrogen) atoms. The van der Waals surface area contributed by atoms with Crippen molar-refractivity contribution in [1.82, 2.24) is 5.32 Å². The fraction of sp³-hybridized carbons (Fsp3) is 0.875. The van der Waals surface area contributed by atoms with Crippen molar-refractivity contribution in [2.24, 2.45) is 0 Å². The number of aliphatic hydroxyl groups is 4. The van der Waals surface area contributed by atoms with Crippen LogP contribution in [0.3, 0.4) is 0 Å². The summed E-state index contributed by atoms with van der Waals surface area (Å²) in [6, 6.07) is -1.36. The monoisotopic (exact) mass is 239 g/mol. The van der Waals surface area contributed by atoms with Crippen LogP contribution in [0.5, 0.6) is 0 Å². The quantitative estimate of drug-likeness (QED) is 0.355. The number of aliphatic hydroxyl groups excluding tert-OH is 4. The number of halogens is 1. The van der Waals surface area contributed by atoms with E-state index in [1.165, 1.54) is 0 Å². The van der Waals surface area contributed by atoms with Crippen LogP contribution in [0.1, 0.15) is 6.92 Å². The average Bonchev–Trinajstić information content (AvgIpc) is 2.21. The average molecular weight is 239 g/mol. The standard InChI is InChI=1S/C8H14FNO6/c1-3(12)10-4-5(13)6(14)8(9,2-11)16-7(4)15/h4-7,11,13-15H,2H2,1H3,(H,10,12)/t4-,5-,6+,7+,8-/m1/s1. The molecular formula is C8H14FNO6. The van der Waals surface area contributed by atoms with Gasteiger partial charge in [0.25, 0.3) is 5.85 Å². The summed E-state index contributed by atoms with van der Waals surface area (Å²) in [6.07, 6.45) is -5.72. The molecule has 0 saturated carbocycles. The molecule has 1 heterocycles. The highest BCUT2D eigenvalue weighted by molar-refractivity contribution is 5.73. The largest absolute Gasteiger partial charge is 0.390 e. The Bertz CT molecular complexity index is 277. The zero-order valence-corrected chi connectivity index (χ0v) is 8.50. The summed E-state index contributed by atoms with van der Waals surface area (Å²) in [4.78, 5) is 10.7. The van der Waals surface area contributed by atoms with Crippen LogP contribution >= 0.6 is 0 Å². The predicted molar refractivity (Wildman–Crippen MR) is 47.6 cm³/mol. The molecule has 0 unspecified atom stereocenters. The fourth-order valence-electron chi connectivity index (χ4n) is 1.49. The van der Waals surface area contributed by atoms with E-state index in [1.807, 2.05) is 0 Å². The normalized spacial score (nSPS) is 44.1. The third-order valence-electron chi connectivity index (χ3n) is 2.34. The van der Waals surface area contributed by atoms with Crippen molar-refractivity contribution >= 4 is 5.91 Å². The van der Waals surface area contributed by atoms with E-state index >= 15 is 0 Å². The van der Waals surface area contributed by atoms with E-state index in [4.69, 9.17) is 5.11 Å². The van der Waals surface area contributed by atoms with E-state index in [0.29, 0.717) is 0 Å². The number of hydrogen-bond acceptors (Lipinski definition) is 6. The van der Waals surface area contributed by atoms with Crippen LogP contribution in [0.2, 0.25) is 0 Å². The first-order chi connectivity index (χ1) is 7.31. The Labute approximate surface area is 90.5 Å². The molecule has 0 bridgehead atoms. The van der Waals surface area contributed by atoms with E-state index in [1.54, 1.807) is 0 Å². The number of nitrogens with one attached hydrogen (secondary N) is 1. The highest BCUT2D eigenvalue weighted by Crippen LogP contribution is 2.30. The van der Waals surface area contributed by atoms with Crippen molar-refractivity contribution in [2.45, 2.75) is 37.3 Å². The van der Waals surface area contributed by atoms with Gasteiger partial charge in [0.1, 0.15) is 24.9 Å². The van der Waals surface area contributed by atoms with Gasteiger partial charge in [0.15, 0.2) is 6.29 Å². The van der Waals surface area contributed by atoms with Gasteiger partial charge in [-0.3, -0.25) is 4.79 Å². The number of amides is 1. The molecule has 5 atom stereocenters. The van der Waals surface area contributed by atoms with E-state index < -0.39 is 42.9 Å². The zero-order chi connectivity index (χ0) is 12.5. The number of hydrogen-bond donors (Lipinski definition) is 5. The molecule has 1 saturated heterocycles. The second kappa shape index (κ2) is 4.60. The van der Waals surface area contributed by atoms with Crippen molar-refractivity contribution in [3.8, 4) is 0 Å². The summed E-state index contributed by atoms with van der Waals surface area (Å²) in [5.41, 5.74) is 0. The van der Waals surface area contributed by atoms with Gasteiger partial charge in [-0.05, 0) is 0 Å². The molecule has 0 radical (unpaired) electrons. The van der Waals surface area contributed by atoms with Crippen molar-refractivity contribution in [3.63, 3.8) is 0 Å². The molecule has 5 N–H and O–H groups in total. The fourth-order valence-corrected chi connectivity index (χ4v) is 1.49. The first-order valence-corrected chi connectivity index (χ1v) is 4.60. The molecule has 0 aromatic carbocycles. The molecule has 7 nitrogen and oxygen atoms in total. The highest BCUT2D eigenvalue weighted by Gasteiger charge is 2.54. The summed E-state index contributed by atoms with van der Waals surface area (Å²) >= 11 is 0. The molecule has 1 aliphatic rings. The van der Waals surface area contributed by atoms with E-state index in [-0.39, 0.29) is 0 Å². The second-order valence-electron chi connectivity index (χ2n) is 3.61. The number of ether oxygens (including phenoxy) is 1. The Kier molecular flexibility index (Phi) is 3.81. The van der Waals surface area contributed by atoms with Gasteiger partial charge >= 0.3 is 0 Å². The predicted octanol–water partition coefficient (Wildman–Crippen LogP) is -2.78. The maximum absolute atomic E-state index is 13.6. The second-order valence-corrected chi connectivity index (χ2v) is 3.61. The van der Waals surface area contributed by atoms with Crippen molar-refractivity contribution in [2.75, 3.05) is 6.61 Å². The minimum atomic E-state index is -2.95. The molecule has 8 heteroatoms. The van der Waals surface area contributed by atoms with Crippen LogP contribution in [0.15, 0.2) is 0 Å². The van der Waals surface area contributed by atoms with Crippen LogP contribution in [0, 0.1) is 0 Å². The van der Waals surface area contributed by atoms with Crippen molar-refractivity contribution in [3.05, 3.63) is 0 Å². The molecule has 94 valence electrons. The summed E-state index contributed by atoms with van der Waals surface area (Å²) in [7, 11) is 0. The lowest BCUT2D eigenvalue weighted by atomic mass is 9.95. The molecule has 0 aliphatic carbocycles. The third kappa shape index (κ3) is 2.30. The Balaban J connectivity index is 2.83. The van der Waals surface area contributed by atoms with Crippen LogP contribution in [-0.2, 0) is 9.53 Å². The summed E-state index contributed by atoms with van der Waals surface area (Å²) in [5.74, 6) is -3.54. The van der Waals surface area contributed by atoms with E-state index in [2.05, 4.69) is 10.1 Å². The van der Waals surface area contributed by atoms with E-state index in [0.717, 1.165) is 6.92 Å². The maximum Gasteiger partial charge on any atom is 0.263 e. The zero-order valence-electron chi connectivity index (χ0n) is 8.50. The Morgan fingerprint density at radius 2 is 2.06 bits per heavy atom. The lowest BCUT2D eigenvalue weighted by Gasteiger charge is -2.43. The first kappa shape index (κ1) is 13.3. The Hall–Kier alpha value is -0.800. The summed E-state index contributed by atoms with van der Waals surface area (Å²) < 4.78 is 17.9. The molecular weight excluding hydrogens is 225 g/mol.